The molecule has 0 aromatic heterocycles. The molecular formula is C15H22N2. The summed E-state index contributed by atoms with van der Waals surface area (Å²) in [5.41, 5.74) is 8.00. The van der Waals surface area contributed by atoms with Gasteiger partial charge in [0.25, 0.3) is 0 Å². The van der Waals surface area contributed by atoms with Crippen molar-refractivity contribution in [2.45, 2.75) is 56.8 Å². The standard InChI is InChI=1S/C15H22N2/c16-15-10-4-8-14(9-5-11-15)17(15)12-13-6-2-1-3-7-13/h1-3,6-7,14H,4-5,8-12,16H2. The predicted molar refractivity (Wildman–Crippen MR) is 70.4 cm³/mol. The highest BCUT2D eigenvalue weighted by Gasteiger charge is 2.42. The van der Waals surface area contributed by atoms with Crippen molar-refractivity contribution in [3.63, 3.8) is 0 Å². The van der Waals surface area contributed by atoms with Gasteiger partial charge in [-0.3, -0.25) is 4.90 Å². The van der Waals surface area contributed by atoms with Gasteiger partial charge in [0.1, 0.15) is 0 Å². The van der Waals surface area contributed by atoms with Gasteiger partial charge in [-0.1, -0.05) is 30.3 Å². The van der Waals surface area contributed by atoms with Crippen LogP contribution in [0.1, 0.15) is 44.1 Å². The topological polar surface area (TPSA) is 29.3 Å². The molecule has 0 saturated carbocycles. The zero-order chi connectivity index (χ0) is 11.7. The molecule has 2 N–H and O–H groups in total. The molecule has 0 atom stereocenters. The molecule has 0 aliphatic carbocycles. The zero-order valence-electron chi connectivity index (χ0n) is 10.4. The van der Waals surface area contributed by atoms with E-state index in [2.05, 4.69) is 35.2 Å². The van der Waals surface area contributed by atoms with E-state index in [4.69, 9.17) is 5.73 Å². The van der Waals surface area contributed by atoms with E-state index in [-0.39, 0.29) is 5.66 Å². The fourth-order valence-corrected chi connectivity index (χ4v) is 3.59. The van der Waals surface area contributed by atoms with E-state index in [0.29, 0.717) is 0 Å². The Morgan fingerprint density at radius 1 is 1.12 bits per heavy atom. The number of hydrogen-bond donors (Lipinski definition) is 1. The van der Waals surface area contributed by atoms with Crippen LogP contribution in [-0.2, 0) is 6.54 Å². The highest BCUT2D eigenvalue weighted by Crippen LogP contribution is 2.39. The van der Waals surface area contributed by atoms with Crippen molar-refractivity contribution in [2.75, 3.05) is 0 Å². The minimum Gasteiger partial charge on any atom is -0.313 e. The highest BCUT2D eigenvalue weighted by atomic mass is 15.3. The Morgan fingerprint density at radius 2 is 1.76 bits per heavy atom. The van der Waals surface area contributed by atoms with Crippen LogP contribution in [0.15, 0.2) is 30.3 Å². The second-order valence-electron chi connectivity index (χ2n) is 5.66. The van der Waals surface area contributed by atoms with Crippen LogP contribution in [0.2, 0.25) is 0 Å². The van der Waals surface area contributed by atoms with Crippen LogP contribution < -0.4 is 5.73 Å². The Balaban J connectivity index is 1.81. The van der Waals surface area contributed by atoms with Crippen molar-refractivity contribution in [3.05, 3.63) is 35.9 Å². The molecule has 2 heteroatoms. The SMILES string of the molecule is NC12CCCC(CCC1)N2Cc1ccccc1. The molecule has 92 valence electrons. The van der Waals surface area contributed by atoms with Crippen LogP contribution in [0.5, 0.6) is 0 Å². The van der Waals surface area contributed by atoms with Crippen molar-refractivity contribution in [3.8, 4) is 0 Å². The number of nitrogens with zero attached hydrogens (tertiary/aromatic N) is 1. The van der Waals surface area contributed by atoms with Crippen LogP contribution in [0.3, 0.4) is 0 Å². The lowest BCUT2D eigenvalue weighted by Crippen LogP contribution is -2.63. The molecule has 2 heterocycles. The van der Waals surface area contributed by atoms with Gasteiger partial charge in [-0.2, -0.15) is 0 Å². The van der Waals surface area contributed by atoms with Gasteiger partial charge >= 0.3 is 0 Å². The predicted octanol–water partition coefficient (Wildman–Crippen LogP) is 2.88. The fraction of sp³-hybridized carbons (Fsp3) is 0.600. The summed E-state index contributed by atoms with van der Waals surface area (Å²) >= 11 is 0. The molecule has 2 aliphatic rings. The maximum absolute atomic E-state index is 6.62. The quantitative estimate of drug-likeness (QED) is 0.846. The number of rotatable bonds is 2. The molecule has 0 radical (unpaired) electrons. The first-order valence-electron chi connectivity index (χ1n) is 6.87. The average Bonchev–Trinajstić information content (AvgIpc) is 2.32. The number of hydrogen-bond acceptors (Lipinski definition) is 2. The van der Waals surface area contributed by atoms with Crippen molar-refractivity contribution in [2.24, 2.45) is 5.73 Å². The molecule has 0 spiro atoms. The monoisotopic (exact) mass is 230 g/mol. The minimum atomic E-state index is -0.0169. The number of benzene rings is 1. The summed E-state index contributed by atoms with van der Waals surface area (Å²) < 4.78 is 0. The first kappa shape index (κ1) is 11.2. The van der Waals surface area contributed by atoms with Crippen molar-refractivity contribution in [1.82, 2.24) is 4.90 Å². The summed E-state index contributed by atoms with van der Waals surface area (Å²) in [5, 5.41) is 0. The van der Waals surface area contributed by atoms with Gasteiger partial charge in [0.2, 0.25) is 0 Å². The van der Waals surface area contributed by atoms with Crippen molar-refractivity contribution < 1.29 is 0 Å². The number of nitrogens with two attached hydrogens (primary N) is 1. The molecule has 2 nitrogen and oxygen atoms in total. The summed E-state index contributed by atoms with van der Waals surface area (Å²) in [6.07, 6.45) is 7.66. The maximum Gasteiger partial charge on any atom is 0.0692 e. The summed E-state index contributed by atoms with van der Waals surface area (Å²) in [5.74, 6) is 0. The lowest BCUT2D eigenvalue weighted by Gasteiger charge is -2.53. The van der Waals surface area contributed by atoms with E-state index in [9.17, 15) is 0 Å². The molecule has 3 rings (SSSR count). The molecule has 17 heavy (non-hydrogen) atoms. The van der Waals surface area contributed by atoms with E-state index in [0.717, 1.165) is 12.6 Å². The summed E-state index contributed by atoms with van der Waals surface area (Å²) in [6, 6.07) is 11.5. The molecule has 0 unspecified atom stereocenters. The largest absolute Gasteiger partial charge is 0.313 e. The third kappa shape index (κ3) is 2.12. The number of piperidine rings is 2. The minimum absolute atomic E-state index is 0.0169. The zero-order valence-corrected chi connectivity index (χ0v) is 10.4. The second kappa shape index (κ2) is 4.43. The van der Waals surface area contributed by atoms with Crippen molar-refractivity contribution >= 4 is 0 Å². The van der Waals surface area contributed by atoms with Crippen molar-refractivity contribution in [1.29, 1.82) is 0 Å². The summed E-state index contributed by atoms with van der Waals surface area (Å²) in [4.78, 5) is 2.58. The van der Waals surface area contributed by atoms with Crippen LogP contribution >= 0.6 is 0 Å². The van der Waals surface area contributed by atoms with E-state index in [1.54, 1.807) is 0 Å². The maximum atomic E-state index is 6.62. The third-order valence-electron chi connectivity index (χ3n) is 4.50. The molecule has 1 aromatic carbocycles. The van der Waals surface area contributed by atoms with Gasteiger partial charge in [-0.25, -0.2) is 0 Å². The van der Waals surface area contributed by atoms with Crippen LogP contribution in [-0.4, -0.2) is 16.6 Å². The lowest BCUT2D eigenvalue weighted by atomic mass is 9.80. The van der Waals surface area contributed by atoms with Gasteiger partial charge < -0.3 is 5.73 Å². The fourth-order valence-electron chi connectivity index (χ4n) is 3.59. The Hall–Kier alpha value is -0.860. The third-order valence-corrected chi connectivity index (χ3v) is 4.50. The first-order chi connectivity index (χ1) is 8.28. The molecule has 2 saturated heterocycles. The molecule has 0 amide bonds. The van der Waals surface area contributed by atoms with Gasteiger partial charge in [0.05, 0.1) is 5.66 Å². The van der Waals surface area contributed by atoms with E-state index in [1.165, 1.54) is 44.1 Å². The van der Waals surface area contributed by atoms with Gasteiger partial charge in [-0.05, 0) is 44.1 Å². The van der Waals surface area contributed by atoms with Crippen LogP contribution in [0.4, 0.5) is 0 Å². The Bertz CT molecular complexity index is 364. The summed E-state index contributed by atoms with van der Waals surface area (Å²) in [7, 11) is 0. The normalized spacial score (nSPS) is 33.6. The van der Waals surface area contributed by atoms with Gasteiger partial charge in [0.15, 0.2) is 0 Å². The van der Waals surface area contributed by atoms with Gasteiger partial charge in [-0.15, -0.1) is 0 Å². The average molecular weight is 230 g/mol. The van der Waals surface area contributed by atoms with Crippen LogP contribution in [0.25, 0.3) is 0 Å². The number of fused-ring (bicyclic) bond motifs is 2. The van der Waals surface area contributed by atoms with E-state index in [1.807, 2.05) is 0 Å². The lowest BCUT2D eigenvalue weighted by molar-refractivity contribution is -0.0428. The smallest absolute Gasteiger partial charge is 0.0692 e. The van der Waals surface area contributed by atoms with E-state index < -0.39 is 0 Å². The second-order valence-corrected chi connectivity index (χ2v) is 5.66. The molecule has 2 bridgehead atoms. The Kier molecular flexibility index (Phi) is 2.93. The summed E-state index contributed by atoms with van der Waals surface area (Å²) in [6.45, 7) is 1.03. The molecule has 2 fully saturated rings. The Morgan fingerprint density at radius 3 is 2.35 bits per heavy atom. The first-order valence-corrected chi connectivity index (χ1v) is 6.87. The molecule has 2 aliphatic heterocycles. The van der Waals surface area contributed by atoms with Crippen LogP contribution in [0, 0.1) is 0 Å². The van der Waals surface area contributed by atoms with E-state index >= 15 is 0 Å². The molecular weight excluding hydrogens is 208 g/mol. The Labute approximate surface area is 104 Å². The molecule has 1 aromatic rings. The van der Waals surface area contributed by atoms with Gasteiger partial charge in [0, 0.05) is 12.6 Å². The highest BCUT2D eigenvalue weighted by molar-refractivity contribution is 5.16.